The monoisotopic (exact) mass is 438 g/mol. The van der Waals surface area contributed by atoms with Crippen LogP contribution in [0.25, 0.3) is 0 Å². The van der Waals surface area contributed by atoms with Crippen molar-refractivity contribution in [1.29, 1.82) is 0 Å². The predicted molar refractivity (Wildman–Crippen MR) is 119 cm³/mol. The highest BCUT2D eigenvalue weighted by atomic mass is 16.6. The van der Waals surface area contributed by atoms with Crippen molar-refractivity contribution < 1.29 is 19.3 Å². The first-order valence-electron chi connectivity index (χ1n) is 10.7. The molecule has 1 saturated heterocycles. The van der Waals surface area contributed by atoms with Crippen LogP contribution in [0.4, 0.5) is 11.4 Å². The summed E-state index contributed by atoms with van der Waals surface area (Å²) in [6, 6.07) is 19.3. The van der Waals surface area contributed by atoms with Crippen LogP contribution in [0.1, 0.15) is 33.7 Å². The number of aldehydes is 1. The number of hydrogen-bond donors (Lipinski definition) is 0. The maximum atomic E-state index is 13.9. The molecule has 0 radical (unpaired) electrons. The van der Waals surface area contributed by atoms with E-state index in [2.05, 4.69) is 0 Å². The second-order valence-corrected chi connectivity index (χ2v) is 8.88. The van der Waals surface area contributed by atoms with Gasteiger partial charge >= 0.3 is 0 Å². The molecule has 2 amide bonds. The highest BCUT2D eigenvalue weighted by Crippen LogP contribution is 2.63. The van der Waals surface area contributed by atoms with E-state index in [1.807, 2.05) is 48.5 Å². The van der Waals surface area contributed by atoms with E-state index in [1.54, 1.807) is 13.0 Å². The van der Waals surface area contributed by atoms with E-state index in [9.17, 15) is 24.5 Å². The summed E-state index contributed by atoms with van der Waals surface area (Å²) in [5.41, 5.74) is 2.40. The van der Waals surface area contributed by atoms with E-state index in [1.165, 1.54) is 12.1 Å². The number of aryl methyl sites for hydroxylation is 1. The lowest BCUT2D eigenvalue weighted by Gasteiger charge is -2.51. The van der Waals surface area contributed by atoms with Crippen molar-refractivity contribution in [1.82, 2.24) is 0 Å². The summed E-state index contributed by atoms with van der Waals surface area (Å²) >= 11 is 0. The van der Waals surface area contributed by atoms with Gasteiger partial charge in [0.1, 0.15) is 6.29 Å². The normalized spacial score (nSPS) is 26.6. The molecule has 7 heteroatoms. The lowest BCUT2D eigenvalue weighted by molar-refractivity contribution is -0.385. The molecule has 0 unspecified atom stereocenters. The Kier molecular flexibility index (Phi) is 3.82. The van der Waals surface area contributed by atoms with E-state index in [-0.39, 0.29) is 17.3 Å². The SMILES string of the molecule is Cc1ccc(N2C(=O)[C@@H]3[C@@H](C2=O)C2c4ccccc4C3(C=O)c3ccccc32)cc1[N+](=O)[O-]. The predicted octanol–water partition coefficient (Wildman–Crippen LogP) is 3.65. The number of benzene rings is 3. The Hall–Kier alpha value is -4.13. The standard InChI is InChI=1S/C26H18N2O5/c1-14-10-11-15(12-20(14)28(32)33)27-24(30)22-21-16-6-2-4-8-18(16)26(13-29,23(22)25(27)31)19-9-5-3-7-17(19)21/h2-13,21-23H,1H3/t21?,22-,23-,26?/m0/s1. The van der Waals surface area contributed by atoms with E-state index in [4.69, 9.17) is 0 Å². The van der Waals surface area contributed by atoms with Crippen LogP contribution in [0.2, 0.25) is 0 Å². The molecule has 3 aromatic carbocycles. The molecule has 7 rings (SSSR count). The van der Waals surface area contributed by atoms with Crippen LogP contribution in [-0.2, 0) is 19.8 Å². The minimum atomic E-state index is -1.29. The van der Waals surface area contributed by atoms with Crippen molar-refractivity contribution in [2.45, 2.75) is 18.3 Å². The van der Waals surface area contributed by atoms with Gasteiger partial charge in [0.15, 0.2) is 0 Å². The Bertz CT molecular complexity index is 1360. The van der Waals surface area contributed by atoms with E-state index < -0.39 is 34.0 Å². The molecule has 1 aliphatic heterocycles. The smallest absolute Gasteiger partial charge is 0.274 e. The van der Waals surface area contributed by atoms with Gasteiger partial charge in [0.2, 0.25) is 11.8 Å². The molecule has 0 aromatic heterocycles. The second-order valence-electron chi connectivity index (χ2n) is 8.88. The van der Waals surface area contributed by atoms with Crippen molar-refractivity contribution in [2.75, 3.05) is 4.90 Å². The Morgan fingerprint density at radius 1 is 0.939 bits per heavy atom. The first-order valence-corrected chi connectivity index (χ1v) is 10.7. The fraction of sp³-hybridized carbons (Fsp3) is 0.192. The van der Waals surface area contributed by atoms with Crippen molar-refractivity contribution in [3.05, 3.63) is 105 Å². The maximum absolute atomic E-state index is 13.9. The summed E-state index contributed by atoms with van der Waals surface area (Å²) < 4.78 is 0. The van der Waals surface area contributed by atoms with Gasteiger partial charge in [0.25, 0.3) is 5.69 Å². The molecule has 33 heavy (non-hydrogen) atoms. The van der Waals surface area contributed by atoms with Gasteiger partial charge < -0.3 is 4.79 Å². The van der Waals surface area contributed by atoms with Crippen LogP contribution in [-0.4, -0.2) is 23.0 Å². The molecule has 162 valence electrons. The topological polar surface area (TPSA) is 97.6 Å². The van der Waals surface area contributed by atoms with Crippen molar-refractivity contribution in [3.8, 4) is 0 Å². The summed E-state index contributed by atoms with van der Waals surface area (Å²) in [7, 11) is 0. The summed E-state index contributed by atoms with van der Waals surface area (Å²) in [5, 5.41) is 11.5. The zero-order valence-electron chi connectivity index (χ0n) is 17.6. The van der Waals surface area contributed by atoms with Crippen LogP contribution in [0.5, 0.6) is 0 Å². The zero-order chi connectivity index (χ0) is 23.1. The third-order valence-corrected chi connectivity index (χ3v) is 7.52. The summed E-state index contributed by atoms with van der Waals surface area (Å²) in [6.07, 6.45) is 0.810. The number of imide groups is 1. The molecule has 7 nitrogen and oxygen atoms in total. The molecule has 0 saturated carbocycles. The van der Waals surface area contributed by atoms with Crippen LogP contribution >= 0.6 is 0 Å². The molecule has 2 atom stereocenters. The number of anilines is 1. The third kappa shape index (κ3) is 2.21. The number of carbonyl (C=O) groups excluding carboxylic acids is 3. The number of carbonyl (C=O) groups is 3. The number of rotatable bonds is 3. The van der Waals surface area contributed by atoms with Crippen LogP contribution in [0, 0.1) is 28.9 Å². The van der Waals surface area contributed by atoms with E-state index in [0.717, 1.165) is 33.4 Å². The van der Waals surface area contributed by atoms with E-state index in [0.29, 0.717) is 5.56 Å². The highest BCUT2D eigenvalue weighted by Gasteiger charge is 2.68. The highest BCUT2D eigenvalue weighted by molar-refractivity contribution is 6.25. The fourth-order valence-corrected chi connectivity index (χ4v) is 6.22. The van der Waals surface area contributed by atoms with Gasteiger partial charge in [0, 0.05) is 17.5 Å². The van der Waals surface area contributed by atoms with E-state index >= 15 is 0 Å². The number of hydrogen-bond acceptors (Lipinski definition) is 5. The van der Waals surface area contributed by atoms with Gasteiger partial charge in [-0.2, -0.15) is 0 Å². The maximum Gasteiger partial charge on any atom is 0.274 e. The van der Waals surface area contributed by atoms with Gasteiger partial charge in [-0.1, -0.05) is 54.6 Å². The fourth-order valence-electron chi connectivity index (χ4n) is 6.22. The van der Waals surface area contributed by atoms with Gasteiger partial charge in [-0.25, -0.2) is 4.90 Å². The summed E-state index contributed by atoms with van der Waals surface area (Å²) in [4.78, 5) is 52.6. The lowest BCUT2D eigenvalue weighted by atomic mass is 9.48. The molecular formula is C26H18N2O5. The van der Waals surface area contributed by atoms with Crippen molar-refractivity contribution in [3.63, 3.8) is 0 Å². The summed E-state index contributed by atoms with van der Waals surface area (Å²) in [6.45, 7) is 1.60. The molecule has 1 fully saturated rings. The molecule has 0 spiro atoms. The first-order chi connectivity index (χ1) is 15.9. The Morgan fingerprint density at radius 3 is 2.12 bits per heavy atom. The lowest BCUT2D eigenvalue weighted by Crippen LogP contribution is -2.54. The Balaban J connectivity index is 1.61. The number of nitro groups is 1. The average molecular weight is 438 g/mol. The first kappa shape index (κ1) is 19.5. The Morgan fingerprint density at radius 2 is 1.55 bits per heavy atom. The second kappa shape index (κ2) is 6.45. The zero-order valence-corrected chi connectivity index (χ0v) is 17.6. The molecule has 1 heterocycles. The molecule has 3 aromatic rings. The van der Waals surface area contributed by atoms with Crippen molar-refractivity contribution in [2.24, 2.45) is 11.8 Å². The minimum absolute atomic E-state index is 0.158. The average Bonchev–Trinajstić information content (AvgIpc) is 3.10. The molecule has 0 N–H and O–H groups in total. The van der Waals surface area contributed by atoms with Crippen LogP contribution in [0.3, 0.4) is 0 Å². The van der Waals surface area contributed by atoms with Crippen LogP contribution < -0.4 is 4.90 Å². The van der Waals surface area contributed by atoms with Crippen LogP contribution in [0.15, 0.2) is 66.7 Å². The number of nitro benzene ring substituents is 1. The Labute approximate surface area is 188 Å². The molecule has 3 aliphatic carbocycles. The van der Waals surface area contributed by atoms with Gasteiger partial charge in [-0.15, -0.1) is 0 Å². The summed E-state index contributed by atoms with van der Waals surface area (Å²) in [5.74, 6) is -2.95. The molecule has 2 bridgehead atoms. The van der Waals surface area contributed by atoms with Gasteiger partial charge in [0.05, 0.1) is 27.9 Å². The number of nitrogens with zero attached hydrogens (tertiary/aromatic N) is 2. The third-order valence-electron chi connectivity index (χ3n) is 7.52. The number of amides is 2. The van der Waals surface area contributed by atoms with Crippen molar-refractivity contribution >= 4 is 29.5 Å². The quantitative estimate of drug-likeness (QED) is 0.269. The van der Waals surface area contributed by atoms with Gasteiger partial charge in [-0.05, 0) is 35.2 Å². The molecule has 4 aliphatic rings. The minimum Gasteiger partial charge on any atom is -0.302 e. The molecular weight excluding hydrogens is 420 g/mol. The van der Waals surface area contributed by atoms with Gasteiger partial charge in [-0.3, -0.25) is 19.7 Å². The largest absolute Gasteiger partial charge is 0.302 e.